The molecule has 1 aromatic rings. The van der Waals surface area contributed by atoms with Crippen LogP contribution >= 0.6 is 0 Å². The molecule has 2 amide bonds. The molecule has 5 heteroatoms. The minimum atomic E-state index is -0.322. The smallest absolute Gasteiger partial charge is 0.319 e. The second-order valence-electron chi connectivity index (χ2n) is 2.55. The fourth-order valence-electron chi connectivity index (χ4n) is 0.867. The first-order valence-corrected chi connectivity index (χ1v) is 3.77. The maximum absolute atomic E-state index is 10.9. The Hall–Kier alpha value is -1.91. The van der Waals surface area contributed by atoms with Crippen molar-refractivity contribution in [1.29, 1.82) is 0 Å². The van der Waals surface area contributed by atoms with Crippen LogP contribution < -0.4 is 22.1 Å². The van der Waals surface area contributed by atoms with Gasteiger partial charge in [0, 0.05) is 12.7 Å². The highest BCUT2D eigenvalue weighted by Gasteiger charge is 2.02. The highest BCUT2D eigenvalue weighted by molar-refractivity contribution is 5.93. The van der Waals surface area contributed by atoms with Crippen LogP contribution in [0.2, 0.25) is 0 Å². The van der Waals surface area contributed by atoms with E-state index >= 15 is 0 Å². The summed E-state index contributed by atoms with van der Waals surface area (Å²) in [7, 11) is 1.53. The number of nitrogens with one attached hydrogen (secondary N) is 2. The molecule has 6 N–H and O–H groups in total. The highest BCUT2D eigenvalue weighted by atomic mass is 16.2. The summed E-state index contributed by atoms with van der Waals surface area (Å²) in [5.74, 6) is 0. The summed E-state index contributed by atoms with van der Waals surface area (Å²) in [5, 5.41) is 4.96. The molecule has 0 heterocycles. The molecule has 0 bridgehead atoms. The fraction of sp³-hybridized carbons (Fsp3) is 0.125. The topological polar surface area (TPSA) is 93.2 Å². The first kappa shape index (κ1) is 9.18. The van der Waals surface area contributed by atoms with Gasteiger partial charge in [0.1, 0.15) is 0 Å². The van der Waals surface area contributed by atoms with Crippen LogP contribution in [-0.4, -0.2) is 13.1 Å². The number of carbonyl (C=O) groups excluding carboxylic acids is 1. The van der Waals surface area contributed by atoms with Gasteiger partial charge in [0.05, 0.1) is 11.4 Å². The third kappa shape index (κ3) is 2.26. The van der Waals surface area contributed by atoms with E-state index in [-0.39, 0.29) is 6.03 Å². The number of anilines is 3. The van der Waals surface area contributed by atoms with E-state index < -0.39 is 0 Å². The molecule has 0 saturated heterocycles. The van der Waals surface area contributed by atoms with Gasteiger partial charge in [0.2, 0.25) is 0 Å². The van der Waals surface area contributed by atoms with Crippen molar-refractivity contribution in [2.75, 3.05) is 23.8 Å². The van der Waals surface area contributed by atoms with Crippen LogP contribution in [-0.2, 0) is 0 Å². The second kappa shape index (κ2) is 3.66. The molecule has 0 aliphatic heterocycles. The van der Waals surface area contributed by atoms with Crippen molar-refractivity contribution in [2.24, 2.45) is 0 Å². The molecule has 0 spiro atoms. The van der Waals surface area contributed by atoms with Crippen molar-refractivity contribution in [3.8, 4) is 0 Å². The van der Waals surface area contributed by atoms with E-state index in [1.165, 1.54) is 7.05 Å². The molecule has 13 heavy (non-hydrogen) atoms. The molecule has 0 fully saturated rings. The Morgan fingerprint density at radius 1 is 1.38 bits per heavy atom. The molecule has 1 rings (SSSR count). The van der Waals surface area contributed by atoms with Crippen molar-refractivity contribution in [3.63, 3.8) is 0 Å². The van der Waals surface area contributed by atoms with Gasteiger partial charge in [-0.3, -0.25) is 0 Å². The van der Waals surface area contributed by atoms with Gasteiger partial charge in [-0.25, -0.2) is 4.79 Å². The summed E-state index contributed by atoms with van der Waals surface area (Å²) < 4.78 is 0. The lowest BCUT2D eigenvalue weighted by Gasteiger charge is -2.07. The number of nitrogens with two attached hydrogens (primary N) is 2. The van der Waals surface area contributed by atoms with E-state index in [1.807, 2.05) is 0 Å². The molecule has 0 aliphatic rings. The van der Waals surface area contributed by atoms with Crippen LogP contribution in [0.15, 0.2) is 18.2 Å². The predicted octanol–water partition coefficient (Wildman–Crippen LogP) is 0.602. The molecule has 0 atom stereocenters. The quantitative estimate of drug-likeness (QED) is 0.477. The number of hydrogen-bond acceptors (Lipinski definition) is 3. The summed E-state index contributed by atoms with van der Waals surface area (Å²) >= 11 is 0. The lowest BCUT2D eigenvalue weighted by atomic mass is 10.2. The summed E-state index contributed by atoms with van der Waals surface area (Å²) in [6.45, 7) is 0. The minimum Gasteiger partial charge on any atom is -0.399 e. The van der Waals surface area contributed by atoms with Crippen LogP contribution in [0.1, 0.15) is 0 Å². The van der Waals surface area contributed by atoms with Crippen molar-refractivity contribution in [2.45, 2.75) is 0 Å². The monoisotopic (exact) mass is 180 g/mol. The Morgan fingerprint density at radius 3 is 2.69 bits per heavy atom. The molecule has 0 saturated carbocycles. The Bertz CT molecular complexity index is 324. The van der Waals surface area contributed by atoms with E-state index in [9.17, 15) is 4.79 Å². The van der Waals surface area contributed by atoms with Crippen LogP contribution in [0.25, 0.3) is 0 Å². The zero-order valence-corrected chi connectivity index (χ0v) is 7.29. The second-order valence-corrected chi connectivity index (χ2v) is 2.55. The van der Waals surface area contributed by atoms with Gasteiger partial charge in [-0.1, -0.05) is 0 Å². The van der Waals surface area contributed by atoms with Crippen molar-refractivity contribution in [3.05, 3.63) is 18.2 Å². The molecule has 0 radical (unpaired) electrons. The number of nitrogen functional groups attached to an aromatic ring is 2. The molecule has 0 aromatic heterocycles. The largest absolute Gasteiger partial charge is 0.399 e. The van der Waals surface area contributed by atoms with Gasteiger partial charge < -0.3 is 22.1 Å². The summed E-state index contributed by atoms with van der Waals surface area (Å²) in [4.78, 5) is 10.9. The van der Waals surface area contributed by atoms with Gasteiger partial charge >= 0.3 is 6.03 Å². The average Bonchev–Trinajstić information content (AvgIpc) is 2.11. The van der Waals surface area contributed by atoms with Gasteiger partial charge in [0.15, 0.2) is 0 Å². The number of amides is 2. The summed E-state index contributed by atoms with van der Waals surface area (Å²) in [6.07, 6.45) is 0. The first-order valence-electron chi connectivity index (χ1n) is 3.77. The van der Waals surface area contributed by atoms with Crippen LogP contribution in [0, 0.1) is 0 Å². The zero-order valence-electron chi connectivity index (χ0n) is 7.29. The highest BCUT2D eigenvalue weighted by Crippen LogP contribution is 2.20. The third-order valence-electron chi connectivity index (χ3n) is 1.55. The number of hydrogen-bond donors (Lipinski definition) is 4. The molecule has 1 aromatic carbocycles. The van der Waals surface area contributed by atoms with E-state index in [2.05, 4.69) is 10.6 Å². The van der Waals surface area contributed by atoms with Crippen LogP contribution in [0.3, 0.4) is 0 Å². The van der Waals surface area contributed by atoms with Crippen molar-refractivity contribution >= 4 is 23.1 Å². The first-order chi connectivity index (χ1) is 6.13. The van der Waals surface area contributed by atoms with Gasteiger partial charge in [-0.05, 0) is 18.2 Å². The molecular weight excluding hydrogens is 168 g/mol. The molecule has 0 aliphatic carbocycles. The molecular formula is C8H12N4O. The SMILES string of the molecule is CNC(=O)Nc1cc(N)ccc1N. The Labute approximate surface area is 76.1 Å². The van der Waals surface area contributed by atoms with Gasteiger partial charge in [-0.2, -0.15) is 0 Å². The Kier molecular flexibility index (Phi) is 2.59. The summed E-state index contributed by atoms with van der Waals surface area (Å²) in [6, 6.07) is 4.59. The lowest BCUT2D eigenvalue weighted by Crippen LogP contribution is -2.24. The Morgan fingerprint density at radius 2 is 2.08 bits per heavy atom. The van der Waals surface area contributed by atoms with Gasteiger partial charge in [-0.15, -0.1) is 0 Å². The van der Waals surface area contributed by atoms with E-state index in [0.29, 0.717) is 17.1 Å². The molecule has 70 valence electrons. The number of benzene rings is 1. The predicted molar refractivity (Wildman–Crippen MR) is 53.3 cm³/mol. The standard InChI is InChI=1S/C8H12N4O/c1-11-8(13)12-7-4-5(9)2-3-6(7)10/h2-4H,9-10H2,1H3,(H2,11,12,13). The minimum absolute atomic E-state index is 0.322. The number of urea groups is 1. The average molecular weight is 180 g/mol. The zero-order chi connectivity index (χ0) is 9.84. The van der Waals surface area contributed by atoms with E-state index in [0.717, 1.165) is 0 Å². The lowest BCUT2D eigenvalue weighted by molar-refractivity contribution is 0.254. The Balaban J connectivity index is 2.87. The maximum atomic E-state index is 10.9. The number of rotatable bonds is 1. The fourth-order valence-corrected chi connectivity index (χ4v) is 0.867. The van der Waals surface area contributed by atoms with Crippen molar-refractivity contribution in [1.82, 2.24) is 5.32 Å². The normalized spacial score (nSPS) is 9.31. The summed E-state index contributed by atoms with van der Waals surface area (Å²) in [5.41, 5.74) is 12.7. The van der Waals surface area contributed by atoms with Crippen LogP contribution in [0.4, 0.5) is 21.9 Å². The molecule has 0 unspecified atom stereocenters. The van der Waals surface area contributed by atoms with E-state index in [4.69, 9.17) is 11.5 Å². The number of carbonyl (C=O) groups is 1. The van der Waals surface area contributed by atoms with E-state index in [1.54, 1.807) is 18.2 Å². The maximum Gasteiger partial charge on any atom is 0.319 e. The van der Waals surface area contributed by atoms with Gasteiger partial charge in [0.25, 0.3) is 0 Å². The van der Waals surface area contributed by atoms with Crippen molar-refractivity contribution < 1.29 is 4.79 Å². The molecule has 5 nitrogen and oxygen atoms in total. The third-order valence-corrected chi connectivity index (χ3v) is 1.55. The van der Waals surface area contributed by atoms with Crippen LogP contribution in [0.5, 0.6) is 0 Å².